The Morgan fingerprint density at radius 3 is 2.55 bits per heavy atom. The molecule has 2 heterocycles. The number of aryl methyl sites for hydroxylation is 1. The monoisotopic (exact) mass is 392 g/mol. The molecule has 1 saturated heterocycles. The molecule has 0 bridgehead atoms. The van der Waals surface area contributed by atoms with Crippen LogP contribution in [0.4, 0.5) is 4.39 Å². The number of halogens is 1. The zero-order chi connectivity index (χ0) is 20.4. The SMILES string of the molecule is Cc1c(-c2ccc(OC3CCN(C(=O)C(C)F)CC3)cc2)ccc2cccnc12. The Hall–Kier alpha value is -2.95. The summed E-state index contributed by atoms with van der Waals surface area (Å²) in [7, 11) is 0. The summed E-state index contributed by atoms with van der Waals surface area (Å²) < 4.78 is 19.3. The van der Waals surface area contributed by atoms with Gasteiger partial charge in [0, 0.05) is 37.5 Å². The van der Waals surface area contributed by atoms with Crippen LogP contribution in [0.25, 0.3) is 22.0 Å². The van der Waals surface area contributed by atoms with Crippen molar-refractivity contribution in [2.24, 2.45) is 0 Å². The molecule has 3 aromatic rings. The molecule has 1 aliphatic heterocycles. The number of nitrogens with zero attached hydrogens (tertiary/aromatic N) is 2. The van der Waals surface area contributed by atoms with Crippen LogP contribution >= 0.6 is 0 Å². The zero-order valence-corrected chi connectivity index (χ0v) is 16.8. The number of benzene rings is 2. The van der Waals surface area contributed by atoms with E-state index in [0.29, 0.717) is 13.1 Å². The summed E-state index contributed by atoms with van der Waals surface area (Å²) in [6.07, 6.45) is 1.87. The molecule has 0 radical (unpaired) electrons. The summed E-state index contributed by atoms with van der Waals surface area (Å²) in [6, 6.07) is 16.4. The highest BCUT2D eigenvalue weighted by molar-refractivity contribution is 5.88. The standard InChI is InChI=1S/C24H25FN2O2/c1-16-22(10-7-19-4-3-13-26-23(16)19)18-5-8-20(9-6-18)29-21-11-14-27(15-12-21)24(28)17(2)25/h3-10,13,17,21H,11-12,14-15H2,1-2H3. The maximum Gasteiger partial charge on any atom is 0.256 e. The number of alkyl halides is 1. The van der Waals surface area contributed by atoms with E-state index in [9.17, 15) is 9.18 Å². The molecule has 1 unspecified atom stereocenters. The fourth-order valence-corrected chi connectivity index (χ4v) is 3.96. The number of fused-ring (bicyclic) bond motifs is 1. The van der Waals surface area contributed by atoms with Crippen molar-refractivity contribution in [3.63, 3.8) is 0 Å². The first-order valence-electron chi connectivity index (χ1n) is 10.1. The highest BCUT2D eigenvalue weighted by Crippen LogP contribution is 2.30. The molecule has 0 spiro atoms. The second-order valence-corrected chi connectivity index (χ2v) is 7.60. The molecule has 4 rings (SSSR count). The van der Waals surface area contributed by atoms with Gasteiger partial charge in [0.1, 0.15) is 11.9 Å². The number of aromatic nitrogens is 1. The van der Waals surface area contributed by atoms with E-state index in [0.717, 1.165) is 46.2 Å². The minimum absolute atomic E-state index is 0.0476. The molecule has 29 heavy (non-hydrogen) atoms. The third-order valence-corrected chi connectivity index (χ3v) is 5.59. The van der Waals surface area contributed by atoms with Crippen molar-refractivity contribution in [3.8, 4) is 16.9 Å². The smallest absolute Gasteiger partial charge is 0.256 e. The van der Waals surface area contributed by atoms with Gasteiger partial charge in [-0.05, 0) is 48.7 Å². The van der Waals surface area contributed by atoms with Gasteiger partial charge in [0.05, 0.1) is 5.52 Å². The first-order chi connectivity index (χ1) is 14.0. The van der Waals surface area contributed by atoms with Gasteiger partial charge in [0.15, 0.2) is 6.17 Å². The number of rotatable bonds is 4. The molecule has 0 aliphatic carbocycles. The van der Waals surface area contributed by atoms with E-state index in [1.54, 1.807) is 4.90 Å². The van der Waals surface area contributed by atoms with Crippen molar-refractivity contribution in [2.75, 3.05) is 13.1 Å². The summed E-state index contributed by atoms with van der Waals surface area (Å²) in [5.74, 6) is 0.391. The number of ether oxygens (including phenoxy) is 1. The van der Waals surface area contributed by atoms with Crippen molar-refractivity contribution in [3.05, 3.63) is 60.3 Å². The Balaban J connectivity index is 1.43. The van der Waals surface area contributed by atoms with Gasteiger partial charge in [-0.25, -0.2) is 4.39 Å². The van der Waals surface area contributed by atoms with Crippen LogP contribution in [0.1, 0.15) is 25.3 Å². The molecule has 1 aliphatic rings. The van der Waals surface area contributed by atoms with Crippen molar-refractivity contribution in [2.45, 2.75) is 39.0 Å². The predicted molar refractivity (Wildman–Crippen MR) is 113 cm³/mol. The van der Waals surface area contributed by atoms with Crippen LogP contribution in [0.3, 0.4) is 0 Å². The number of hydrogen-bond donors (Lipinski definition) is 0. The van der Waals surface area contributed by atoms with E-state index >= 15 is 0 Å². The maximum absolute atomic E-state index is 13.2. The summed E-state index contributed by atoms with van der Waals surface area (Å²) >= 11 is 0. The number of amides is 1. The molecule has 1 atom stereocenters. The van der Waals surface area contributed by atoms with E-state index in [-0.39, 0.29) is 6.10 Å². The Bertz CT molecular complexity index is 1010. The topological polar surface area (TPSA) is 42.4 Å². The minimum Gasteiger partial charge on any atom is -0.490 e. The molecule has 0 N–H and O–H groups in total. The lowest BCUT2D eigenvalue weighted by Gasteiger charge is -2.32. The van der Waals surface area contributed by atoms with Crippen molar-refractivity contribution in [1.82, 2.24) is 9.88 Å². The third kappa shape index (κ3) is 4.09. The average molecular weight is 392 g/mol. The summed E-state index contributed by atoms with van der Waals surface area (Å²) in [6.45, 7) is 4.47. The molecule has 1 fully saturated rings. The number of likely N-dealkylation sites (tertiary alicyclic amines) is 1. The molecule has 1 amide bonds. The van der Waals surface area contributed by atoms with Crippen molar-refractivity contribution >= 4 is 16.8 Å². The van der Waals surface area contributed by atoms with E-state index < -0.39 is 12.1 Å². The van der Waals surface area contributed by atoms with Gasteiger partial charge in [-0.2, -0.15) is 0 Å². The van der Waals surface area contributed by atoms with Crippen LogP contribution in [0.2, 0.25) is 0 Å². The van der Waals surface area contributed by atoms with E-state index in [1.165, 1.54) is 6.92 Å². The van der Waals surface area contributed by atoms with Gasteiger partial charge in [0.25, 0.3) is 5.91 Å². The number of pyridine rings is 1. The van der Waals surface area contributed by atoms with Gasteiger partial charge in [-0.3, -0.25) is 9.78 Å². The van der Waals surface area contributed by atoms with Crippen LogP contribution in [0.15, 0.2) is 54.7 Å². The van der Waals surface area contributed by atoms with Crippen LogP contribution < -0.4 is 4.74 Å². The number of piperidine rings is 1. The van der Waals surface area contributed by atoms with Crippen LogP contribution in [-0.2, 0) is 4.79 Å². The molecule has 0 saturated carbocycles. The fraction of sp³-hybridized carbons (Fsp3) is 0.333. The Morgan fingerprint density at radius 1 is 1.14 bits per heavy atom. The number of carbonyl (C=O) groups excluding carboxylic acids is 1. The van der Waals surface area contributed by atoms with Crippen molar-refractivity contribution in [1.29, 1.82) is 0 Å². The van der Waals surface area contributed by atoms with Gasteiger partial charge >= 0.3 is 0 Å². The number of hydrogen-bond acceptors (Lipinski definition) is 3. The lowest BCUT2D eigenvalue weighted by molar-refractivity contribution is -0.137. The number of carbonyl (C=O) groups is 1. The minimum atomic E-state index is -1.44. The van der Waals surface area contributed by atoms with Gasteiger partial charge < -0.3 is 9.64 Å². The molecular formula is C24H25FN2O2. The van der Waals surface area contributed by atoms with Crippen LogP contribution in [0, 0.1) is 6.92 Å². The second-order valence-electron chi connectivity index (χ2n) is 7.60. The highest BCUT2D eigenvalue weighted by Gasteiger charge is 2.26. The van der Waals surface area contributed by atoms with Crippen LogP contribution in [-0.4, -0.2) is 41.2 Å². The molecule has 150 valence electrons. The second kappa shape index (κ2) is 8.19. The first-order valence-corrected chi connectivity index (χ1v) is 10.1. The van der Waals surface area contributed by atoms with Gasteiger partial charge in [0.2, 0.25) is 0 Å². The Kier molecular flexibility index (Phi) is 5.47. The zero-order valence-electron chi connectivity index (χ0n) is 16.8. The third-order valence-electron chi connectivity index (χ3n) is 5.59. The van der Waals surface area contributed by atoms with E-state index in [4.69, 9.17) is 4.74 Å². The molecular weight excluding hydrogens is 367 g/mol. The van der Waals surface area contributed by atoms with Gasteiger partial charge in [-0.15, -0.1) is 0 Å². The fourth-order valence-electron chi connectivity index (χ4n) is 3.96. The molecule has 1 aromatic heterocycles. The quantitative estimate of drug-likeness (QED) is 0.632. The van der Waals surface area contributed by atoms with Gasteiger partial charge in [-0.1, -0.05) is 30.3 Å². The Labute approximate surface area is 170 Å². The summed E-state index contributed by atoms with van der Waals surface area (Å²) in [4.78, 5) is 17.9. The maximum atomic E-state index is 13.2. The largest absolute Gasteiger partial charge is 0.490 e. The average Bonchev–Trinajstić information content (AvgIpc) is 2.75. The lowest BCUT2D eigenvalue weighted by Crippen LogP contribution is -2.44. The normalized spacial score (nSPS) is 16.0. The van der Waals surface area contributed by atoms with E-state index in [2.05, 4.69) is 42.2 Å². The first kappa shape index (κ1) is 19.4. The highest BCUT2D eigenvalue weighted by atomic mass is 19.1. The molecule has 4 nitrogen and oxygen atoms in total. The van der Waals surface area contributed by atoms with Crippen LogP contribution in [0.5, 0.6) is 5.75 Å². The summed E-state index contributed by atoms with van der Waals surface area (Å²) in [5.41, 5.74) is 4.47. The summed E-state index contributed by atoms with van der Waals surface area (Å²) in [5, 5.41) is 1.14. The molecule has 2 aromatic carbocycles. The lowest BCUT2D eigenvalue weighted by atomic mass is 9.98. The predicted octanol–water partition coefficient (Wildman–Crippen LogP) is 4.94. The Morgan fingerprint density at radius 2 is 1.86 bits per heavy atom. The van der Waals surface area contributed by atoms with Crippen molar-refractivity contribution < 1.29 is 13.9 Å². The molecule has 5 heteroatoms. The van der Waals surface area contributed by atoms with E-state index in [1.807, 2.05) is 24.4 Å².